The highest BCUT2D eigenvalue weighted by molar-refractivity contribution is 5.68. The first-order chi connectivity index (χ1) is 19.9. The van der Waals surface area contributed by atoms with Gasteiger partial charge in [-0.1, -0.05) is 42.5 Å². The van der Waals surface area contributed by atoms with Gasteiger partial charge < -0.3 is 29.4 Å². The summed E-state index contributed by atoms with van der Waals surface area (Å²) in [7, 11) is 0. The van der Waals surface area contributed by atoms with Crippen molar-refractivity contribution in [1.82, 2.24) is 10.4 Å². The topological polar surface area (TPSA) is 142 Å². The molecule has 3 aliphatic rings. The Bertz CT molecular complexity index is 1130. The van der Waals surface area contributed by atoms with Crippen LogP contribution < -0.4 is 5.32 Å². The second-order valence-corrected chi connectivity index (χ2v) is 10.6. The molecule has 3 fully saturated rings. The highest BCUT2D eigenvalue weighted by atomic mass is 16.7. The number of nitro groups is 1. The van der Waals surface area contributed by atoms with Crippen molar-refractivity contribution in [3.05, 3.63) is 75.8 Å². The Morgan fingerprint density at radius 3 is 2.54 bits per heavy atom. The van der Waals surface area contributed by atoms with Crippen LogP contribution in [0.15, 0.2) is 54.6 Å². The van der Waals surface area contributed by atoms with Gasteiger partial charge >= 0.3 is 6.09 Å². The van der Waals surface area contributed by atoms with E-state index in [1.807, 2.05) is 30.3 Å². The SMILES string of the molecule is O=C(NC(Cc1ccccc1)C(O)CN(Cc1ccc([N+](=O)[O-])cc1)OC1CCOCC1)OC1COC2OCCC12. The van der Waals surface area contributed by atoms with E-state index in [2.05, 4.69) is 5.32 Å². The molecule has 12 nitrogen and oxygen atoms in total. The van der Waals surface area contributed by atoms with Crippen LogP contribution in [-0.2, 0) is 36.8 Å². The van der Waals surface area contributed by atoms with E-state index < -0.39 is 29.3 Å². The number of hydrogen-bond donors (Lipinski definition) is 2. The minimum Gasteiger partial charge on any atom is -0.443 e. The molecule has 0 bridgehead atoms. The maximum atomic E-state index is 13.0. The standard InChI is InChI=1S/C29H37N3O9/c33-26(18-31(41-23-10-13-37-14-11-23)17-21-6-8-22(9-7-21)32(35)36)25(16-20-4-2-1-3-5-20)30-29(34)40-27-19-39-28-24(27)12-15-38-28/h1-9,23-28,33H,10-19H2,(H,30,34). The number of nitro benzene ring substituents is 1. The first kappa shape index (κ1) is 29.4. The number of carbonyl (C=O) groups excluding carboxylic acids is 1. The number of fused-ring (bicyclic) bond motifs is 1. The number of ether oxygens (including phenoxy) is 4. The Morgan fingerprint density at radius 2 is 1.80 bits per heavy atom. The van der Waals surface area contributed by atoms with Gasteiger partial charge in [-0.2, -0.15) is 5.06 Å². The Hall–Kier alpha value is -3.13. The number of nitrogens with one attached hydrogen (secondary N) is 1. The Labute approximate surface area is 238 Å². The zero-order chi connectivity index (χ0) is 28.6. The summed E-state index contributed by atoms with van der Waals surface area (Å²) in [6.45, 7) is 2.38. The summed E-state index contributed by atoms with van der Waals surface area (Å²) in [6.07, 6.45) is 0.0577. The molecule has 5 atom stereocenters. The lowest BCUT2D eigenvalue weighted by atomic mass is 10.0. The molecule has 2 aromatic rings. The molecule has 0 aromatic heterocycles. The van der Waals surface area contributed by atoms with Crippen molar-refractivity contribution in [1.29, 1.82) is 0 Å². The minimum absolute atomic E-state index is 0.000491. The predicted molar refractivity (Wildman–Crippen MR) is 146 cm³/mol. The highest BCUT2D eigenvalue weighted by Gasteiger charge is 2.44. The average molecular weight is 572 g/mol. The fraction of sp³-hybridized carbons (Fsp3) is 0.552. The zero-order valence-corrected chi connectivity index (χ0v) is 22.8. The van der Waals surface area contributed by atoms with Gasteiger partial charge in [-0.3, -0.25) is 15.0 Å². The summed E-state index contributed by atoms with van der Waals surface area (Å²) in [4.78, 5) is 30.0. The summed E-state index contributed by atoms with van der Waals surface area (Å²) in [5.74, 6) is 0.00306. The third kappa shape index (κ3) is 8.22. The number of benzene rings is 2. The first-order valence-electron chi connectivity index (χ1n) is 14.1. The number of nitrogens with zero attached hydrogens (tertiary/aromatic N) is 2. The van der Waals surface area contributed by atoms with Gasteiger partial charge in [0, 0.05) is 31.9 Å². The number of hydrogen-bond acceptors (Lipinski definition) is 10. The van der Waals surface area contributed by atoms with Gasteiger partial charge in [0.1, 0.15) is 6.10 Å². The van der Waals surface area contributed by atoms with E-state index in [0.717, 1.165) is 17.5 Å². The lowest BCUT2D eigenvalue weighted by Gasteiger charge is -2.33. The lowest BCUT2D eigenvalue weighted by Crippen LogP contribution is -2.51. The van der Waals surface area contributed by atoms with Crippen molar-refractivity contribution in [3.63, 3.8) is 0 Å². The molecule has 2 aromatic carbocycles. The number of rotatable bonds is 12. The van der Waals surface area contributed by atoms with Crippen molar-refractivity contribution in [2.24, 2.45) is 5.92 Å². The molecule has 3 aliphatic heterocycles. The summed E-state index contributed by atoms with van der Waals surface area (Å²) >= 11 is 0. The smallest absolute Gasteiger partial charge is 0.407 e. The van der Waals surface area contributed by atoms with Crippen molar-refractivity contribution in [2.45, 2.75) is 62.9 Å². The lowest BCUT2D eigenvalue weighted by molar-refractivity contribution is -0.384. The molecule has 41 heavy (non-hydrogen) atoms. The van der Waals surface area contributed by atoms with Gasteiger partial charge in [0.25, 0.3) is 5.69 Å². The molecule has 222 valence electrons. The molecule has 5 unspecified atom stereocenters. The largest absolute Gasteiger partial charge is 0.443 e. The number of non-ortho nitro benzene ring substituents is 1. The molecule has 12 heteroatoms. The van der Waals surface area contributed by atoms with Crippen LogP contribution in [0, 0.1) is 16.0 Å². The van der Waals surface area contributed by atoms with Crippen LogP contribution in [0.1, 0.15) is 30.4 Å². The van der Waals surface area contributed by atoms with Crippen molar-refractivity contribution >= 4 is 11.8 Å². The maximum absolute atomic E-state index is 13.0. The molecule has 3 saturated heterocycles. The third-order valence-corrected chi connectivity index (χ3v) is 7.67. The number of hydroxylamine groups is 2. The fourth-order valence-corrected chi connectivity index (χ4v) is 5.42. The van der Waals surface area contributed by atoms with Crippen LogP contribution in [0.3, 0.4) is 0 Å². The van der Waals surface area contributed by atoms with Crippen molar-refractivity contribution < 1.29 is 38.6 Å². The van der Waals surface area contributed by atoms with Gasteiger partial charge in [-0.15, -0.1) is 0 Å². The Morgan fingerprint density at radius 1 is 1.05 bits per heavy atom. The van der Waals surface area contributed by atoms with Crippen LogP contribution in [-0.4, -0.2) is 84.8 Å². The number of carbonyl (C=O) groups is 1. The van der Waals surface area contributed by atoms with Gasteiger partial charge in [-0.05, 0) is 36.8 Å². The van der Waals surface area contributed by atoms with Crippen LogP contribution in [0.4, 0.5) is 10.5 Å². The second kappa shape index (κ2) is 14.2. The quantitative estimate of drug-likeness (QED) is 0.288. The van der Waals surface area contributed by atoms with Gasteiger partial charge in [-0.25, -0.2) is 4.79 Å². The number of amides is 1. The predicted octanol–water partition coefficient (Wildman–Crippen LogP) is 2.97. The van der Waals surface area contributed by atoms with Crippen LogP contribution in [0.2, 0.25) is 0 Å². The molecule has 3 heterocycles. The first-order valence-corrected chi connectivity index (χ1v) is 14.1. The number of aliphatic hydroxyl groups excluding tert-OH is 1. The molecule has 0 aliphatic carbocycles. The summed E-state index contributed by atoms with van der Waals surface area (Å²) in [6, 6.07) is 15.1. The van der Waals surface area contributed by atoms with E-state index in [4.69, 9.17) is 23.8 Å². The molecule has 1 amide bonds. The molecule has 5 rings (SSSR count). The molecular formula is C29H37N3O9. The van der Waals surface area contributed by atoms with E-state index in [1.165, 1.54) is 12.1 Å². The summed E-state index contributed by atoms with van der Waals surface area (Å²) < 4.78 is 22.3. The van der Waals surface area contributed by atoms with E-state index in [-0.39, 0.29) is 43.7 Å². The maximum Gasteiger partial charge on any atom is 0.407 e. The van der Waals surface area contributed by atoms with Gasteiger partial charge in [0.15, 0.2) is 6.29 Å². The van der Waals surface area contributed by atoms with E-state index >= 15 is 0 Å². The Kier molecular flexibility index (Phi) is 10.1. The van der Waals surface area contributed by atoms with Gasteiger partial charge in [0.2, 0.25) is 0 Å². The Balaban J connectivity index is 1.27. The van der Waals surface area contributed by atoms with Crippen LogP contribution in [0.5, 0.6) is 0 Å². The second-order valence-electron chi connectivity index (χ2n) is 10.6. The summed E-state index contributed by atoms with van der Waals surface area (Å²) in [5.41, 5.74) is 1.73. The number of alkyl carbamates (subject to hydrolysis) is 1. The van der Waals surface area contributed by atoms with E-state index in [1.54, 1.807) is 17.2 Å². The van der Waals surface area contributed by atoms with E-state index in [0.29, 0.717) is 39.1 Å². The minimum atomic E-state index is -1.02. The van der Waals surface area contributed by atoms with Gasteiger partial charge in [0.05, 0.1) is 48.8 Å². The molecule has 2 N–H and O–H groups in total. The average Bonchev–Trinajstić information content (AvgIpc) is 3.59. The van der Waals surface area contributed by atoms with Crippen LogP contribution in [0.25, 0.3) is 0 Å². The van der Waals surface area contributed by atoms with Crippen molar-refractivity contribution in [3.8, 4) is 0 Å². The molecule has 0 saturated carbocycles. The zero-order valence-electron chi connectivity index (χ0n) is 22.8. The van der Waals surface area contributed by atoms with Crippen molar-refractivity contribution in [2.75, 3.05) is 33.0 Å². The molecular weight excluding hydrogens is 534 g/mol. The summed E-state index contributed by atoms with van der Waals surface area (Å²) in [5, 5.41) is 27.1. The number of aliphatic hydroxyl groups is 1. The fourth-order valence-electron chi connectivity index (χ4n) is 5.42. The van der Waals surface area contributed by atoms with Crippen LogP contribution >= 0.6 is 0 Å². The van der Waals surface area contributed by atoms with E-state index in [9.17, 15) is 20.0 Å². The molecule has 0 spiro atoms. The normalized spacial score (nSPS) is 24.1. The molecule has 0 radical (unpaired) electrons. The third-order valence-electron chi connectivity index (χ3n) is 7.67. The monoisotopic (exact) mass is 571 g/mol. The highest BCUT2D eigenvalue weighted by Crippen LogP contribution is 2.33.